The van der Waals surface area contributed by atoms with Gasteiger partial charge in [0.25, 0.3) is 0 Å². The molecule has 94 valence electrons. The topological polar surface area (TPSA) is 33.1 Å². The molecule has 2 aromatic rings. The molecule has 2 heteroatoms. The number of fused-ring (bicyclic) bond motifs is 1. The van der Waals surface area contributed by atoms with Gasteiger partial charge in [0, 0.05) is 11.6 Å². The fourth-order valence-electron chi connectivity index (χ4n) is 3.28. The Bertz CT molecular complexity index is 561. The van der Waals surface area contributed by atoms with Crippen molar-refractivity contribution in [2.45, 2.75) is 38.2 Å². The molecule has 2 unspecified atom stereocenters. The summed E-state index contributed by atoms with van der Waals surface area (Å²) in [5, 5.41) is 12.1. The third-order valence-electron chi connectivity index (χ3n) is 4.12. The minimum absolute atomic E-state index is 0.593. The van der Waals surface area contributed by atoms with Crippen LogP contribution in [0.4, 0.5) is 0 Å². The highest BCUT2D eigenvalue weighted by Gasteiger charge is 2.35. The molecular weight excluding hydrogens is 222 g/mol. The Balaban J connectivity index is 2.13. The van der Waals surface area contributed by atoms with Gasteiger partial charge in [0.05, 0.1) is 11.1 Å². The summed E-state index contributed by atoms with van der Waals surface area (Å²) < 4.78 is 0. The Kier molecular flexibility index (Phi) is 2.83. The van der Waals surface area contributed by atoms with Crippen molar-refractivity contribution in [2.24, 2.45) is 5.92 Å². The minimum atomic E-state index is -0.666. The molecule has 3 rings (SSSR count). The molecule has 1 aromatic carbocycles. The van der Waals surface area contributed by atoms with Crippen LogP contribution in [0.5, 0.6) is 0 Å². The maximum absolute atomic E-state index is 11.0. The van der Waals surface area contributed by atoms with Gasteiger partial charge in [0.2, 0.25) is 0 Å². The van der Waals surface area contributed by atoms with E-state index in [9.17, 15) is 5.11 Å². The molecule has 1 aliphatic rings. The van der Waals surface area contributed by atoms with Crippen molar-refractivity contribution in [1.82, 2.24) is 4.98 Å². The average molecular weight is 241 g/mol. The zero-order chi connectivity index (χ0) is 12.6. The van der Waals surface area contributed by atoms with E-state index in [4.69, 9.17) is 0 Å². The molecule has 0 radical (unpaired) electrons. The van der Waals surface area contributed by atoms with Crippen LogP contribution in [0.3, 0.4) is 0 Å². The smallest absolute Gasteiger partial charge is 0.0905 e. The Morgan fingerprint density at radius 2 is 2.17 bits per heavy atom. The summed E-state index contributed by atoms with van der Waals surface area (Å²) in [6.07, 6.45) is 5.87. The van der Waals surface area contributed by atoms with E-state index in [0.717, 1.165) is 35.7 Å². The van der Waals surface area contributed by atoms with Crippen molar-refractivity contribution in [2.75, 3.05) is 0 Å². The van der Waals surface area contributed by atoms with Crippen LogP contribution < -0.4 is 0 Å². The van der Waals surface area contributed by atoms with Gasteiger partial charge in [-0.1, -0.05) is 31.5 Å². The summed E-state index contributed by atoms with van der Waals surface area (Å²) in [5.74, 6) is 0.593. The van der Waals surface area contributed by atoms with Crippen LogP contribution in [-0.4, -0.2) is 10.1 Å². The number of benzene rings is 1. The van der Waals surface area contributed by atoms with Gasteiger partial charge in [-0.05, 0) is 42.9 Å². The van der Waals surface area contributed by atoms with E-state index in [1.807, 2.05) is 18.2 Å². The van der Waals surface area contributed by atoms with E-state index in [-0.39, 0.29) is 0 Å². The van der Waals surface area contributed by atoms with E-state index < -0.39 is 5.60 Å². The third-order valence-corrected chi connectivity index (χ3v) is 4.12. The van der Waals surface area contributed by atoms with E-state index in [2.05, 4.69) is 24.0 Å². The molecule has 1 fully saturated rings. The molecule has 1 aliphatic carbocycles. The molecule has 18 heavy (non-hydrogen) atoms. The van der Waals surface area contributed by atoms with Gasteiger partial charge in [0.1, 0.15) is 0 Å². The number of pyridine rings is 1. The fraction of sp³-hybridized carbons (Fsp3) is 0.438. The second-order valence-electron chi connectivity index (χ2n) is 5.61. The zero-order valence-corrected chi connectivity index (χ0v) is 10.8. The van der Waals surface area contributed by atoms with Crippen molar-refractivity contribution >= 4 is 10.9 Å². The van der Waals surface area contributed by atoms with Crippen LogP contribution in [0.1, 0.15) is 38.2 Å². The molecule has 0 spiro atoms. The number of aliphatic hydroxyl groups is 1. The lowest BCUT2D eigenvalue weighted by molar-refractivity contribution is -0.0165. The lowest BCUT2D eigenvalue weighted by Gasteiger charge is -2.36. The maximum atomic E-state index is 11.0. The first-order chi connectivity index (χ1) is 8.69. The quantitative estimate of drug-likeness (QED) is 0.827. The lowest BCUT2D eigenvalue weighted by Crippen LogP contribution is -2.32. The van der Waals surface area contributed by atoms with E-state index in [1.54, 1.807) is 6.20 Å². The van der Waals surface area contributed by atoms with Crippen LogP contribution >= 0.6 is 0 Å². The first-order valence-corrected chi connectivity index (χ1v) is 6.76. The summed E-state index contributed by atoms with van der Waals surface area (Å²) in [7, 11) is 0. The molecule has 0 amide bonds. The highest BCUT2D eigenvalue weighted by molar-refractivity contribution is 5.82. The molecule has 2 atom stereocenters. The second kappa shape index (κ2) is 4.36. The molecule has 1 aromatic heterocycles. The summed E-state index contributed by atoms with van der Waals surface area (Å²) in [5.41, 5.74) is 1.36. The van der Waals surface area contributed by atoms with Crippen molar-refractivity contribution in [3.05, 3.63) is 42.1 Å². The van der Waals surface area contributed by atoms with E-state index >= 15 is 0 Å². The van der Waals surface area contributed by atoms with Crippen LogP contribution in [0.25, 0.3) is 10.9 Å². The van der Waals surface area contributed by atoms with E-state index in [1.165, 1.54) is 6.42 Å². The van der Waals surface area contributed by atoms with Crippen LogP contribution in [-0.2, 0) is 5.60 Å². The summed E-state index contributed by atoms with van der Waals surface area (Å²) >= 11 is 0. The number of nitrogens with zero attached hydrogens (tertiary/aromatic N) is 1. The molecular formula is C16H19NO. The standard InChI is InChI=1S/C16H19NO/c1-12-5-3-9-16(18,11-12)14-7-2-8-15-13(14)6-4-10-17-15/h2,4,6-8,10,12,18H,3,5,9,11H2,1H3. The molecule has 0 aliphatic heterocycles. The van der Waals surface area contributed by atoms with Gasteiger partial charge in [-0.25, -0.2) is 0 Å². The summed E-state index contributed by atoms with van der Waals surface area (Å²) in [6, 6.07) is 10.1. The van der Waals surface area contributed by atoms with E-state index in [0.29, 0.717) is 5.92 Å². The third kappa shape index (κ3) is 1.91. The number of aromatic nitrogens is 1. The second-order valence-corrected chi connectivity index (χ2v) is 5.61. The summed E-state index contributed by atoms with van der Waals surface area (Å²) in [6.45, 7) is 2.23. The fourth-order valence-corrected chi connectivity index (χ4v) is 3.28. The largest absolute Gasteiger partial charge is 0.385 e. The molecule has 1 heterocycles. The SMILES string of the molecule is CC1CCCC(O)(c2cccc3ncccc23)C1. The number of hydrogen-bond acceptors (Lipinski definition) is 2. The van der Waals surface area contributed by atoms with Crippen molar-refractivity contribution in [1.29, 1.82) is 0 Å². The van der Waals surface area contributed by atoms with Crippen LogP contribution in [0.2, 0.25) is 0 Å². The van der Waals surface area contributed by atoms with Gasteiger partial charge in [-0.3, -0.25) is 4.98 Å². The Labute approximate surface area is 108 Å². The van der Waals surface area contributed by atoms with Crippen LogP contribution in [0, 0.1) is 5.92 Å². The van der Waals surface area contributed by atoms with Crippen LogP contribution in [0.15, 0.2) is 36.5 Å². The number of rotatable bonds is 1. The van der Waals surface area contributed by atoms with Crippen molar-refractivity contribution in [3.63, 3.8) is 0 Å². The van der Waals surface area contributed by atoms with Crippen molar-refractivity contribution < 1.29 is 5.11 Å². The molecule has 1 saturated carbocycles. The summed E-state index contributed by atoms with van der Waals surface area (Å²) in [4.78, 5) is 4.38. The Hall–Kier alpha value is -1.41. The predicted octanol–water partition coefficient (Wildman–Crippen LogP) is 3.63. The van der Waals surface area contributed by atoms with Gasteiger partial charge in [-0.15, -0.1) is 0 Å². The molecule has 1 N–H and O–H groups in total. The highest BCUT2D eigenvalue weighted by atomic mass is 16.3. The Morgan fingerprint density at radius 3 is 3.00 bits per heavy atom. The monoisotopic (exact) mass is 241 g/mol. The highest BCUT2D eigenvalue weighted by Crippen LogP contribution is 2.41. The lowest BCUT2D eigenvalue weighted by atomic mass is 9.74. The van der Waals surface area contributed by atoms with Gasteiger partial charge in [-0.2, -0.15) is 0 Å². The molecule has 0 saturated heterocycles. The number of hydrogen-bond donors (Lipinski definition) is 1. The first kappa shape index (κ1) is 11.7. The normalized spacial score (nSPS) is 28.4. The predicted molar refractivity (Wildman–Crippen MR) is 73.3 cm³/mol. The maximum Gasteiger partial charge on any atom is 0.0905 e. The minimum Gasteiger partial charge on any atom is -0.385 e. The van der Waals surface area contributed by atoms with Gasteiger partial charge < -0.3 is 5.11 Å². The Morgan fingerprint density at radius 1 is 1.28 bits per heavy atom. The average Bonchev–Trinajstić information content (AvgIpc) is 2.38. The molecule has 2 nitrogen and oxygen atoms in total. The van der Waals surface area contributed by atoms with Crippen molar-refractivity contribution in [3.8, 4) is 0 Å². The van der Waals surface area contributed by atoms with Gasteiger partial charge >= 0.3 is 0 Å². The zero-order valence-electron chi connectivity index (χ0n) is 10.8. The first-order valence-electron chi connectivity index (χ1n) is 6.76. The molecule has 0 bridgehead atoms. The van der Waals surface area contributed by atoms with Gasteiger partial charge in [0.15, 0.2) is 0 Å².